The van der Waals surface area contributed by atoms with Crippen LogP contribution in [0.2, 0.25) is 0 Å². The highest BCUT2D eigenvalue weighted by molar-refractivity contribution is 5.37. The highest BCUT2D eigenvalue weighted by atomic mass is 15.0. The Morgan fingerprint density at radius 2 is 1.83 bits per heavy atom. The SMILES string of the molecule is Cc1c(CC#N)c(C)n(C)c1C. The smallest absolute Gasteiger partial charge is 0.0670 e. The summed E-state index contributed by atoms with van der Waals surface area (Å²) >= 11 is 0. The molecule has 1 heterocycles. The molecule has 2 nitrogen and oxygen atoms in total. The number of rotatable bonds is 1. The molecule has 0 fully saturated rings. The summed E-state index contributed by atoms with van der Waals surface area (Å²) in [4.78, 5) is 0. The fourth-order valence-corrected chi connectivity index (χ4v) is 1.53. The van der Waals surface area contributed by atoms with Gasteiger partial charge in [-0.05, 0) is 31.9 Å². The van der Waals surface area contributed by atoms with Crippen molar-refractivity contribution in [2.75, 3.05) is 0 Å². The molecule has 0 bridgehead atoms. The first-order valence-electron chi connectivity index (χ1n) is 4.08. The highest BCUT2D eigenvalue weighted by Gasteiger charge is 2.10. The summed E-state index contributed by atoms with van der Waals surface area (Å²) in [5.41, 5.74) is 4.93. The zero-order valence-corrected chi connectivity index (χ0v) is 8.10. The largest absolute Gasteiger partial charge is 0.352 e. The topological polar surface area (TPSA) is 28.7 Å². The van der Waals surface area contributed by atoms with Crippen LogP contribution in [-0.4, -0.2) is 4.57 Å². The van der Waals surface area contributed by atoms with E-state index in [0.29, 0.717) is 6.42 Å². The molecule has 1 aromatic rings. The molecule has 0 unspecified atom stereocenters. The van der Waals surface area contributed by atoms with Gasteiger partial charge in [0.1, 0.15) is 0 Å². The van der Waals surface area contributed by atoms with Crippen LogP contribution < -0.4 is 0 Å². The van der Waals surface area contributed by atoms with Crippen molar-refractivity contribution in [3.05, 3.63) is 22.5 Å². The van der Waals surface area contributed by atoms with Gasteiger partial charge in [-0.1, -0.05) is 0 Å². The van der Waals surface area contributed by atoms with Gasteiger partial charge in [0.15, 0.2) is 0 Å². The second-order valence-corrected chi connectivity index (χ2v) is 3.17. The summed E-state index contributed by atoms with van der Waals surface area (Å²) < 4.78 is 2.14. The van der Waals surface area contributed by atoms with Gasteiger partial charge in [0.05, 0.1) is 12.5 Å². The van der Waals surface area contributed by atoms with Crippen LogP contribution in [0, 0.1) is 32.1 Å². The maximum Gasteiger partial charge on any atom is 0.0670 e. The van der Waals surface area contributed by atoms with Crippen LogP contribution in [0.15, 0.2) is 0 Å². The first-order valence-corrected chi connectivity index (χ1v) is 4.08. The Balaban J connectivity index is 3.30. The molecule has 64 valence electrons. The van der Waals surface area contributed by atoms with Crippen LogP contribution in [0.3, 0.4) is 0 Å². The molecule has 0 aliphatic rings. The fraction of sp³-hybridized carbons (Fsp3) is 0.500. The molecule has 0 aromatic carbocycles. The predicted octanol–water partition coefficient (Wildman–Crippen LogP) is 2.02. The van der Waals surface area contributed by atoms with Crippen molar-refractivity contribution in [3.63, 3.8) is 0 Å². The molecule has 0 atom stereocenters. The minimum absolute atomic E-state index is 0.527. The van der Waals surface area contributed by atoms with E-state index in [9.17, 15) is 0 Å². The average molecular weight is 162 g/mol. The summed E-state index contributed by atoms with van der Waals surface area (Å²) in [7, 11) is 2.04. The van der Waals surface area contributed by atoms with E-state index in [1.54, 1.807) is 0 Å². The zero-order chi connectivity index (χ0) is 9.30. The molecule has 0 aliphatic heterocycles. The molecule has 0 aliphatic carbocycles. The van der Waals surface area contributed by atoms with Crippen molar-refractivity contribution >= 4 is 0 Å². The van der Waals surface area contributed by atoms with Gasteiger partial charge in [0.25, 0.3) is 0 Å². The predicted molar refractivity (Wildman–Crippen MR) is 48.9 cm³/mol. The second kappa shape index (κ2) is 3.02. The van der Waals surface area contributed by atoms with Crippen LogP contribution in [0.25, 0.3) is 0 Å². The Morgan fingerprint density at radius 3 is 2.17 bits per heavy atom. The first kappa shape index (κ1) is 8.86. The second-order valence-electron chi connectivity index (χ2n) is 3.17. The summed E-state index contributed by atoms with van der Waals surface area (Å²) in [5.74, 6) is 0. The highest BCUT2D eigenvalue weighted by Crippen LogP contribution is 2.19. The molecule has 0 radical (unpaired) electrons. The van der Waals surface area contributed by atoms with Crippen molar-refractivity contribution in [1.82, 2.24) is 4.57 Å². The van der Waals surface area contributed by atoms with Gasteiger partial charge >= 0.3 is 0 Å². The minimum Gasteiger partial charge on any atom is -0.352 e. The Hall–Kier alpha value is -1.23. The number of aromatic nitrogens is 1. The van der Waals surface area contributed by atoms with E-state index in [-0.39, 0.29) is 0 Å². The summed E-state index contributed by atoms with van der Waals surface area (Å²) in [6, 6.07) is 2.19. The molecule has 1 aromatic heterocycles. The lowest BCUT2D eigenvalue weighted by Gasteiger charge is -1.98. The Morgan fingerprint density at radius 1 is 1.25 bits per heavy atom. The van der Waals surface area contributed by atoms with Gasteiger partial charge in [-0.25, -0.2) is 0 Å². The number of nitrogens with zero attached hydrogens (tertiary/aromatic N) is 2. The van der Waals surface area contributed by atoms with E-state index in [1.807, 2.05) is 7.05 Å². The van der Waals surface area contributed by atoms with Crippen molar-refractivity contribution < 1.29 is 0 Å². The van der Waals surface area contributed by atoms with E-state index in [1.165, 1.54) is 22.5 Å². The zero-order valence-electron chi connectivity index (χ0n) is 8.10. The van der Waals surface area contributed by atoms with Crippen LogP contribution >= 0.6 is 0 Å². The molecule has 2 heteroatoms. The van der Waals surface area contributed by atoms with Gasteiger partial charge in [-0.2, -0.15) is 5.26 Å². The van der Waals surface area contributed by atoms with Crippen molar-refractivity contribution in [3.8, 4) is 6.07 Å². The first-order chi connectivity index (χ1) is 5.59. The van der Waals surface area contributed by atoms with Gasteiger partial charge in [-0.15, -0.1) is 0 Å². The maximum absolute atomic E-state index is 8.61. The van der Waals surface area contributed by atoms with Crippen LogP contribution in [-0.2, 0) is 13.5 Å². The number of hydrogen-bond donors (Lipinski definition) is 0. The fourth-order valence-electron chi connectivity index (χ4n) is 1.53. The Bertz CT molecular complexity index is 314. The average Bonchev–Trinajstić information content (AvgIpc) is 2.23. The van der Waals surface area contributed by atoms with Gasteiger partial charge in [0.2, 0.25) is 0 Å². The molecular weight excluding hydrogens is 148 g/mol. The monoisotopic (exact) mass is 162 g/mol. The molecule has 1 rings (SSSR count). The van der Waals surface area contributed by atoms with Gasteiger partial charge < -0.3 is 4.57 Å². The number of hydrogen-bond acceptors (Lipinski definition) is 1. The van der Waals surface area contributed by atoms with Crippen molar-refractivity contribution in [2.45, 2.75) is 27.2 Å². The molecule has 12 heavy (non-hydrogen) atoms. The van der Waals surface area contributed by atoms with E-state index in [0.717, 1.165) is 0 Å². The van der Waals surface area contributed by atoms with E-state index >= 15 is 0 Å². The van der Waals surface area contributed by atoms with Crippen molar-refractivity contribution in [2.24, 2.45) is 7.05 Å². The van der Waals surface area contributed by atoms with Crippen LogP contribution in [0.5, 0.6) is 0 Å². The third-order valence-corrected chi connectivity index (χ3v) is 2.69. The Kier molecular flexibility index (Phi) is 2.23. The third kappa shape index (κ3) is 1.12. The quantitative estimate of drug-likeness (QED) is 0.621. The summed E-state index contributed by atoms with van der Waals surface area (Å²) in [5, 5.41) is 8.61. The lowest BCUT2D eigenvalue weighted by atomic mass is 10.1. The lowest BCUT2D eigenvalue weighted by molar-refractivity contribution is 0.836. The van der Waals surface area contributed by atoms with Gasteiger partial charge in [0, 0.05) is 18.4 Å². The lowest BCUT2D eigenvalue weighted by Crippen LogP contribution is -1.93. The van der Waals surface area contributed by atoms with Crippen molar-refractivity contribution in [1.29, 1.82) is 5.26 Å². The van der Waals surface area contributed by atoms with E-state index < -0.39 is 0 Å². The standard InChI is InChI=1S/C10H14N2/c1-7-8(2)12(4)9(3)10(7)5-6-11/h5H2,1-4H3. The van der Waals surface area contributed by atoms with Crippen LogP contribution in [0.1, 0.15) is 22.5 Å². The molecule has 0 N–H and O–H groups in total. The summed E-state index contributed by atoms with van der Waals surface area (Å²) in [6.07, 6.45) is 0.527. The summed E-state index contributed by atoms with van der Waals surface area (Å²) in [6.45, 7) is 6.23. The number of nitriles is 1. The normalized spacial score (nSPS) is 9.92. The molecule has 0 saturated heterocycles. The third-order valence-electron chi connectivity index (χ3n) is 2.69. The Labute approximate surface area is 73.4 Å². The maximum atomic E-state index is 8.61. The minimum atomic E-state index is 0.527. The van der Waals surface area contributed by atoms with Gasteiger partial charge in [-0.3, -0.25) is 0 Å². The van der Waals surface area contributed by atoms with Crippen LogP contribution in [0.4, 0.5) is 0 Å². The molecule has 0 amide bonds. The molecular formula is C10H14N2. The van der Waals surface area contributed by atoms with E-state index in [4.69, 9.17) is 5.26 Å². The molecule has 0 saturated carbocycles. The molecule has 0 spiro atoms. The van der Waals surface area contributed by atoms with E-state index in [2.05, 4.69) is 31.4 Å².